The fourth-order valence-corrected chi connectivity index (χ4v) is 1.34. The van der Waals surface area contributed by atoms with Crippen molar-refractivity contribution in [2.75, 3.05) is 0 Å². The fraction of sp³-hybridized carbons (Fsp3) is 0.0909. The summed E-state index contributed by atoms with van der Waals surface area (Å²) in [6.45, 7) is 0.399. The van der Waals surface area contributed by atoms with E-state index in [2.05, 4.69) is 15.3 Å². The third-order valence-corrected chi connectivity index (χ3v) is 2.18. The smallest absolute Gasteiger partial charge is 0.257 e. The molecule has 1 amide bonds. The van der Waals surface area contributed by atoms with Gasteiger partial charge in [-0.25, -0.2) is 0 Å². The molecule has 0 bridgehead atoms. The summed E-state index contributed by atoms with van der Waals surface area (Å²) in [5, 5.41) is 2.66. The van der Waals surface area contributed by atoms with Gasteiger partial charge in [-0.15, -0.1) is 0 Å². The Morgan fingerprint density at radius 3 is 2.62 bits per heavy atom. The Morgan fingerprint density at radius 1 is 1.19 bits per heavy atom. The van der Waals surface area contributed by atoms with Crippen LogP contribution in [-0.4, -0.2) is 15.9 Å². The average Bonchev–Trinajstić information content (AvgIpc) is 2.79. The molecule has 2 aromatic rings. The van der Waals surface area contributed by atoms with Crippen LogP contribution in [0, 0.1) is 0 Å². The molecule has 0 saturated carbocycles. The van der Waals surface area contributed by atoms with E-state index in [4.69, 9.17) is 0 Å². The summed E-state index contributed by atoms with van der Waals surface area (Å²) in [7, 11) is 0. The number of aromatic nitrogens is 2. The summed E-state index contributed by atoms with van der Waals surface area (Å²) >= 11 is 0. The maximum atomic E-state index is 11.6. The predicted octanol–water partition coefficient (Wildman–Crippen LogP) is 0.633. The van der Waals surface area contributed by atoms with Gasteiger partial charge in [0.2, 0.25) is 0 Å². The van der Waals surface area contributed by atoms with Gasteiger partial charge >= 0.3 is 0 Å². The van der Waals surface area contributed by atoms with Gasteiger partial charge < -0.3 is 15.3 Å². The second kappa shape index (κ2) is 4.48. The number of carbonyl (C=O) groups excluding carboxylic acids is 1. The van der Waals surface area contributed by atoms with Gasteiger partial charge in [0.1, 0.15) is 5.56 Å². The topological polar surface area (TPSA) is 77.8 Å². The lowest BCUT2D eigenvalue weighted by molar-refractivity contribution is 0.0949. The van der Waals surface area contributed by atoms with E-state index in [1.165, 1.54) is 18.5 Å². The second-order valence-electron chi connectivity index (χ2n) is 3.32. The summed E-state index contributed by atoms with van der Waals surface area (Å²) in [5.41, 5.74) is 0.795. The third kappa shape index (κ3) is 2.20. The number of hydrogen-bond donors (Lipinski definition) is 3. The lowest BCUT2D eigenvalue weighted by Gasteiger charge is -2.02. The molecule has 0 aromatic carbocycles. The normalized spacial score (nSPS) is 10.0. The van der Waals surface area contributed by atoms with Gasteiger partial charge in [-0.2, -0.15) is 0 Å². The highest BCUT2D eigenvalue weighted by molar-refractivity contribution is 5.93. The van der Waals surface area contributed by atoms with Crippen molar-refractivity contribution >= 4 is 5.91 Å². The first-order chi connectivity index (χ1) is 7.77. The third-order valence-electron chi connectivity index (χ3n) is 2.18. The van der Waals surface area contributed by atoms with Crippen LogP contribution in [0.25, 0.3) is 0 Å². The highest BCUT2D eigenvalue weighted by atomic mass is 16.2. The molecule has 0 atom stereocenters. The van der Waals surface area contributed by atoms with Crippen LogP contribution in [0.3, 0.4) is 0 Å². The Hall–Kier alpha value is -2.30. The molecule has 0 fully saturated rings. The molecule has 2 heterocycles. The first-order valence-electron chi connectivity index (χ1n) is 4.84. The van der Waals surface area contributed by atoms with Crippen LogP contribution in [0.15, 0.2) is 41.7 Å². The van der Waals surface area contributed by atoms with Crippen LogP contribution in [0.2, 0.25) is 0 Å². The standard InChI is InChI=1S/C11H11N3O2/c15-10-2-4-13-7-9(10)11(16)14-6-8-1-3-12-5-8/h1-5,7,12H,6H2,(H,13,15)(H,14,16). The van der Waals surface area contributed by atoms with E-state index < -0.39 is 0 Å². The Bertz CT molecular complexity index is 528. The zero-order chi connectivity index (χ0) is 11.4. The Morgan fingerprint density at radius 2 is 1.94 bits per heavy atom. The highest BCUT2D eigenvalue weighted by Crippen LogP contribution is 1.96. The lowest BCUT2D eigenvalue weighted by Crippen LogP contribution is -2.27. The molecule has 0 unspecified atom stereocenters. The maximum absolute atomic E-state index is 11.6. The van der Waals surface area contributed by atoms with Gasteiger partial charge in [0.25, 0.3) is 5.91 Å². The summed E-state index contributed by atoms with van der Waals surface area (Å²) < 4.78 is 0. The lowest BCUT2D eigenvalue weighted by atomic mass is 10.2. The molecule has 0 saturated heterocycles. The van der Waals surface area contributed by atoms with Crippen molar-refractivity contribution in [1.29, 1.82) is 0 Å². The largest absolute Gasteiger partial charge is 0.367 e. The molecule has 16 heavy (non-hydrogen) atoms. The summed E-state index contributed by atoms with van der Waals surface area (Å²) in [6.07, 6.45) is 6.45. The zero-order valence-corrected chi connectivity index (χ0v) is 8.49. The number of hydrogen-bond acceptors (Lipinski definition) is 2. The maximum Gasteiger partial charge on any atom is 0.257 e. The van der Waals surface area contributed by atoms with Crippen molar-refractivity contribution in [1.82, 2.24) is 15.3 Å². The van der Waals surface area contributed by atoms with E-state index in [-0.39, 0.29) is 16.9 Å². The molecule has 0 aliphatic rings. The van der Waals surface area contributed by atoms with Gasteiger partial charge in [-0.1, -0.05) is 0 Å². The number of H-pyrrole nitrogens is 2. The number of carbonyl (C=O) groups is 1. The van der Waals surface area contributed by atoms with E-state index in [1.54, 1.807) is 12.4 Å². The van der Waals surface area contributed by atoms with Crippen LogP contribution in [0.4, 0.5) is 0 Å². The van der Waals surface area contributed by atoms with Crippen LogP contribution in [-0.2, 0) is 6.54 Å². The van der Waals surface area contributed by atoms with E-state index >= 15 is 0 Å². The molecule has 5 nitrogen and oxygen atoms in total. The summed E-state index contributed by atoms with van der Waals surface area (Å²) in [6, 6.07) is 3.18. The minimum Gasteiger partial charge on any atom is -0.367 e. The molecule has 0 aliphatic heterocycles. The van der Waals surface area contributed by atoms with E-state index in [0.717, 1.165) is 5.56 Å². The summed E-state index contributed by atoms with van der Waals surface area (Å²) in [5.74, 6) is -0.372. The SMILES string of the molecule is O=C(NCc1cc[nH]c1)c1c[nH]ccc1=O. The minimum atomic E-state index is -0.372. The molecule has 0 spiro atoms. The van der Waals surface area contributed by atoms with E-state index in [1.807, 2.05) is 6.07 Å². The molecule has 82 valence electrons. The Labute approximate surface area is 91.5 Å². The first kappa shape index (κ1) is 10.2. The molecule has 0 aliphatic carbocycles. The molecule has 2 aromatic heterocycles. The van der Waals surface area contributed by atoms with Gasteiger partial charge in [-0.05, 0) is 11.6 Å². The Balaban J connectivity index is 2.04. The quantitative estimate of drug-likeness (QED) is 0.705. The fourth-order valence-electron chi connectivity index (χ4n) is 1.34. The van der Waals surface area contributed by atoms with Crippen LogP contribution >= 0.6 is 0 Å². The Kier molecular flexibility index (Phi) is 2.86. The molecule has 2 rings (SSSR count). The van der Waals surface area contributed by atoms with Crippen molar-refractivity contribution in [3.05, 3.63) is 58.3 Å². The van der Waals surface area contributed by atoms with Crippen LogP contribution in [0.1, 0.15) is 15.9 Å². The van der Waals surface area contributed by atoms with Crippen molar-refractivity contribution in [3.8, 4) is 0 Å². The van der Waals surface area contributed by atoms with Crippen molar-refractivity contribution in [3.63, 3.8) is 0 Å². The van der Waals surface area contributed by atoms with Crippen molar-refractivity contribution < 1.29 is 4.79 Å². The van der Waals surface area contributed by atoms with Crippen molar-refractivity contribution in [2.45, 2.75) is 6.54 Å². The van der Waals surface area contributed by atoms with Gasteiger partial charge in [-0.3, -0.25) is 9.59 Å². The second-order valence-corrected chi connectivity index (χ2v) is 3.32. The molecular weight excluding hydrogens is 206 g/mol. The van der Waals surface area contributed by atoms with Gasteiger partial charge in [0.05, 0.1) is 0 Å². The molecule has 0 radical (unpaired) electrons. The highest BCUT2D eigenvalue weighted by Gasteiger charge is 2.08. The number of rotatable bonds is 3. The summed E-state index contributed by atoms with van der Waals surface area (Å²) in [4.78, 5) is 28.5. The van der Waals surface area contributed by atoms with Crippen molar-refractivity contribution in [2.24, 2.45) is 0 Å². The molecule has 5 heteroatoms. The first-order valence-corrected chi connectivity index (χ1v) is 4.84. The zero-order valence-electron chi connectivity index (χ0n) is 8.49. The molecular formula is C11H11N3O2. The average molecular weight is 217 g/mol. The van der Waals surface area contributed by atoms with E-state index in [0.29, 0.717) is 6.54 Å². The van der Waals surface area contributed by atoms with Gasteiger partial charge in [0.15, 0.2) is 5.43 Å². The van der Waals surface area contributed by atoms with E-state index in [9.17, 15) is 9.59 Å². The minimum absolute atomic E-state index is 0.123. The van der Waals surface area contributed by atoms with Crippen LogP contribution < -0.4 is 10.7 Å². The number of pyridine rings is 1. The van der Waals surface area contributed by atoms with Gasteiger partial charge in [0, 0.05) is 37.4 Å². The number of amides is 1. The predicted molar refractivity (Wildman–Crippen MR) is 59.0 cm³/mol. The molecule has 3 N–H and O–H groups in total. The number of aromatic amines is 2. The number of nitrogens with one attached hydrogen (secondary N) is 3. The van der Waals surface area contributed by atoms with Crippen LogP contribution in [0.5, 0.6) is 0 Å². The monoisotopic (exact) mass is 217 g/mol.